The number of methoxy groups -OCH3 is 1. The largest absolute Gasteiger partial charge is 0.497 e. The first-order chi connectivity index (χ1) is 12.9. The third-order valence-electron chi connectivity index (χ3n) is 4.28. The molecule has 0 radical (unpaired) electrons. The molecule has 3 rings (SSSR count). The summed E-state index contributed by atoms with van der Waals surface area (Å²) in [4.78, 5) is 17.1. The number of nitrogens with one attached hydrogen (secondary N) is 1. The van der Waals surface area contributed by atoms with Crippen molar-refractivity contribution in [2.45, 2.75) is 19.3 Å². The summed E-state index contributed by atoms with van der Waals surface area (Å²) in [6.07, 6.45) is 1.64. The number of hydrogen-bond donors (Lipinski definition) is 1. The van der Waals surface area contributed by atoms with Gasteiger partial charge in [0.05, 0.1) is 12.8 Å². The Morgan fingerprint density at radius 3 is 2.67 bits per heavy atom. The van der Waals surface area contributed by atoms with E-state index in [2.05, 4.69) is 10.3 Å². The molecule has 0 spiro atoms. The van der Waals surface area contributed by atoms with Crippen molar-refractivity contribution in [1.29, 1.82) is 0 Å². The van der Waals surface area contributed by atoms with Crippen molar-refractivity contribution >= 4 is 17.5 Å². The van der Waals surface area contributed by atoms with Gasteiger partial charge < -0.3 is 14.5 Å². The van der Waals surface area contributed by atoms with Gasteiger partial charge in [0.2, 0.25) is 5.89 Å². The Labute approximate surface area is 163 Å². The van der Waals surface area contributed by atoms with Gasteiger partial charge in [-0.25, -0.2) is 4.98 Å². The lowest BCUT2D eigenvalue weighted by Gasteiger charge is -2.22. The number of nitrogens with zero attached hydrogens (tertiary/aromatic N) is 1. The minimum absolute atomic E-state index is 0.226. The molecule has 140 valence electrons. The Balaban J connectivity index is 1.71. The number of amides is 1. The van der Waals surface area contributed by atoms with Gasteiger partial charge in [-0.3, -0.25) is 4.79 Å². The lowest BCUT2D eigenvalue weighted by atomic mass is 9.90. The van der Waals surface area contributed by atoms with E-state index in [0.717, 1.165) is 11.3 Å². The van der Waals surface area contributed by atoms with E-state index < -0.39 is 5.41 Å². The van der Waals surface area contributed by atoms with Gasteiger partial charge in [0.25, 0.3) is 5.91 Å². The molecular weight excluding hydrogens is 364 g/mol. The van der Waals surface area contributed by atoms with Crippen molar-refractivity contribution in [1.82, 2.24) is 10.3 Å². The predicted molar refractivity (Wildman–Crippen MR) is 105 cm³/mol. The Hall–Kier alpha value is -2.79. The molecule has 0 unspecified atom stereocenters. The van der Waals surface area contributed by atoms with Gasteiger partial charge in [-0.15, -0.1) is 0 Å². The number of carbonyl (C=O) groups is 1. The maximum atomic E-state index is 12.5. The molecule has 0 bridgehead atoms. The second-order valence-electron chi connectivity index (χ2n) is 6.85. The zero-order valence-corrected chi connectivity index (χ0v) is 16.2. The first-order valence-corrected chi connectivity index (χ1v) is 8.91. The van der Waals surface area contributed by atoms with E-state index >= 15 is 0 Å². The number of benzene rings is 2. The number of halogens is 1. The molecule has 6 heteroatoms. The minimum Gasteiger partial charge on any atom is -0.497 e. The number of carbonyl (C=O) groups excluding carboxylic acids is 1. The smallest absolute Gasteiger partial charge is 0.251 e. The standard InChI is InChI=1S/C21H21ClN2O3/c1-21(2,18-12-27-20(24-18)14-7-5-4-6-8-14)13-23-19(25)15-9-16(22)11-17(10-15)26-3/h4-12H,13H2,1-3H3,(H,23,25). The quantitative estimate of drug-likeness (QED) is 0.668. The van der Waals surface area contributed by atoms with E-state index in [9.17, 15) is 4.79 Å². The van der Waals surface area contributed by atoms with Crippen molar-refractivity contribution in [3.8, 4) is 17.2 Å². The maximum Gasteiger partial charge on any atom is 0.251 e. The Morgan fingerprint density at radius 2 is 1.96 bits per heavy atom. The second-order valence-corrected chi connectivity index (χ2v) is 7.29. The van der Waals surface area contributed by atoms with Crippen LogP contribution >= 0.6 is 11.6 Å². The molecule has 3 aromatic rings. The van der Waals surface area contributed by atoms with Crippen molar-refractivity contribution in [3.05, 3.63) is 71.1 Å². The zero-order chi connectivity index (χ0) is 19.4. The third kappa shape index (κ3) is 4.49. The molecule has 0 saturated carbocycles. The number of rotatable bonds is 6. The highest BCUT2D eigenvalue weighted by molar-refractivity contribution is 6.31. The SMILES string of the molecule is COc1cc(Cl)cc(C(=O)NCC(C)(C)c2coc(-c3ccccc3)n2)c1. The van der Waals surface area contributed by atoms with Gasteiger partial charge in [-0.1, -0.05) is 43.6 Å². The molecular formula is C21H21ClN2O3. The fourth-order valence-electron chi connectivity index (χ4n) is 2.60. The molecule has 0 fully saturated rings. The van der Waals surface area contributed by atoms with Gasteiger partial charge >= 0.3 is 0 Å². The molecule has 1 heterocycles. The van der Waals surface area contributed by atoms with Crippen LogP contribution in [0.4, 0.5) is 0 Å². The van der Waals surface area contributed by atoms with Gasteiger partial charge in [0.1, 0.15) is 12.0 Å². The third-order valence-corrected chi connectivity index (χ3v) is 4.50. The molecule has 0 aliphatic heterocycles. The van der Waals surface area contributed by atoms with Crippen molar-refractivity contribution in [3.63, 3.8) is 0 Å². The average molecular weight is 385 g/mol. The highest BCUT2D eigenvalue weighted by Gasteiger charge is 2.26. The van der Waals surface area contributed by atoms with Gasteiger partial charge in [0, 0.05) is 28.1 Å². The molecule has 0 aliphatic carbocycles. The summed E-state index contributed by atoms with van der Waals surface area (Å²) in [5, 5.41) is 3.38. The van der Waals surface area contributed by atoms with Crippen molar-refractivity contribution in [2.75, 3.05) is 13.7 Å². The Morgan fingerprint density at radius 1 is 1.22 bits per heavy atom. The monoisotopic (exact) mass is 384 g/mol. The van der Waals surface area contributed by atoms with Gasteiger partial charge in [-0.2, -0.15) is 0 Å². The molecule has 0 atom stereocenters. The molecule has 0 saturated heterocycles. The van der Waals surface area contributed by atoms with E-state index in [1.165, 1.54) is 7.11 Å². The first kappa shape index (κ1) is 19.0. The lowest BCUT2D eigenvalue weighted by Crippen LogP contribution is -2.37. The number of oxazole rings is 1. The number of aromatic nitrogens is 1. The average Bonchev–Trinajstić information content (AvgIpc) is 3.17. The number of hydrogen-bond acceptors (Lipinski definition) is 4. The maximum absolute atomic E-state index is 12.5. The van der Waals surface area contributed by atoms with Crippen LogP contribution in [0.2, 0.25) is 5.02 Å². The fourth-order valence-corrected chi connectivity index (χ4v) is 2.83. The molecule has 1 aromatic heterocycles. The molecule has 2 aromatic carbocycles. The normalized spacial score (nSPS) is 11.3. The molecule has 0 aliphatic rings. The van der Waals surface area contributed by atoms with Crippen LogP contribution in [0.1, 0.15) is 29.9 Å². The van der Waals surface area contributed by atoms with Crippen LogP contribution in [-0.2, 0) is 5.41 Å². The Kier molecular flexibility index (Phi) is 5.51. The molecule has 27 heavy (non-hydrogen) atoms. The highest BCUT2D eigenvalue weighted by atomic mass is 35.5. The van der Waals surface area contributed by atoms with Crippen LogP contribution in [0.15, 0.2) is 59.2 Å². The van der Waals surface area contributed by atoms with Crippen LogP contribution in [0.5, 0.6) is 5.75 Å². The lowest BCUT2D eigenvalue weighted by molar-refractivity contribution is 0.0945. The van der Waals surface area contributed by atoms with Crippen LogP contribution in [0.25, 0.3) is 11.5 Å². The minimum atomic E-state index is -0.408. The summed E-state index contributed by atoms with van der Waals surface area (Å²) in [5.41, 5.74) is 1.72. The molecule has 5 nitrogen and oxygen atoms in total. The highest BCUT2D eigenvalue weighted by Crippen LogP contribution is 2.26. The summed E-state index contributed by atoms with van der Waals surface area (Å²) in [6, 6.07) is 14.6. The van der Waals surface area contributed by atoms with Crippen molar-refractivity contribution in [2.24, 2.45) is 0 Å². The van der Waals surface area contributed by atoms with E-state index in [-0.39, 0.29) is 5.91 Å². The van der Waals surface area contributed by atoms with Gasteiger partial charge in [-0.05, 0) is 30.3 Å². The summed E-state index contributed by atoms with van der Waals surface area (Å²) in [5.74, 6) is 0.871. The Bertz CT molecular complexity index is 936. The van der Waals surface area contributed by atoms with Crippen molar-refractivity contribution < 1.29 is 13.9 Å². The van der Waals surface area contributed by atoms with Crippen LogP contribution in [-0.4, -0.2) is 24.5 Å². The summed E-state index contributed by atoms with van der Waals surface area (Å²) in [6.45, 7) is 4.39. The van der Waals surface area contributed by atoms with E-state index in [1.807, 2.05) is 44.2 Å². The summed E-state index contributed by atoms with van der Waals surface area (Å²) >= 11 is 6.04. The van der Waals surface area contributed by atoms with Crippen LogP contribution in [0.3, 0.4) is 0 Å². The van der Waals surface area contributed by atoms with E-state index in [1.54, 1.807) is 24.5 Å². The van der Waals surface area contributed by atoms with E-state index in [4.69, 9.17) is 20.8 Å². The second kappa shape index (κ2) is 7.84. The first-order valence-electron chi connectivity index (χ1n) is 8.53. The van der Waals surface area contributed by atoms with Gasteiger partial charge in [0.15, 0.2) is 0 Å². The van der Waals surface area contributed by atoms with Crippen LogP contribution in [0, 0.1) is 0 Å². The fraction of sp³-hybridized carbons (Fsp3) is 0.238. The van der Waals surface area contributed by atoms with E-state index in [0.29, 0.717) is 28.8 Å². The summed E-state index contributed by atoms with van der Waals surface area (Å²) in [7, 11) is 1.53. The molecule has 1 N–H and O–H groups in total. The predicted octanol–water partition coefficient (Wildman–Crippen LogP) is 4.71. The number of ether oxygens (including phenoxy) is 1. The zero-order valence-electron chi connectivity index (χ0n) is 15.5. The van der Waals surface area contributed by atoms with Crippen LogP contribution < -0.4 is 10.1 Å². The topological polar surface area (TPSA) is 64.4 Å². The summed E-state index contributed by atoms with van der Waals surface area (Å²) < 4.78 is 10.8. The molecule has 1 amide bonds.